The fourth-order valence-corrected chi connectivity index (χ4v) is 8.81. The summed E-state index contributed by atoms with van der Waals surface area (Å²) in [7, 11) is 0. The molecule has 1 N–H and O–H groups in total. The Labute approximate surface area is 284 Å². The van der Waals surface area contributed by atoms with Gasteiger partial charge in [-0.3, -0.25) is 14.4 Å². The largest absolute Gasteiger partial charge is 0.494 e. The summed E-state index contributed by atoms with van der Waals surface area (Å²) in [6, 6.07) is 15.4. The number of aliphatic hydroxyl groups excluding tert-OH is 1. The number of anilines is 1. The average Bonchev–Trinajstić information content (AvgIpc) is 3.77. The molecule has 3 saturated heterocycles. The fourth-order valence-electron chi connectivity index (χ4n) is 8.81. The molecule has 2 aromatic rings. The van der Waals surface area contributed by atoms with E-state index in [4.69, 9.17) is 9.47 Å². The molecule has 3 aliphatic heterocycles. The van der Waals surface area contributed by atoms with Gasteiger partial charge in [0.2, 0.25) is 17.7 Å². The van der Waals surface area contributed by atoms with Crippen molar-refractivity contribution < 1.29 is 29.0 Å². The van der Waals surface area contributed by atoms with E-state index < -0.39 is 35.6 Å². The lowest BCUT2D eigenvalue weighted by atomic mass is 9.70. The van der Waals surface area contributed by atoms with Crippen molar-refractivity contribution in [2.75, 3.05) is 31.2 Å². The topological polar surface area (TPSA) is 99.6 Å². The maximum Gasteiger partial charge on any atom is 0.248 e. The van der Waals surface area contributed by atoms with Crippen molar-refractivity contribution in [3.63, 3.8) is 0 Å². The summed E-state index contributed by atoms with van der Waals surface area (Å²) in [5.41, 5.74) is 0.448. The lowest BCUT2D eigenvalue weighted by Crippen LogP contribution is -2.60. The summed E-state index contributed by atoms with van der Waals surface area (Å²) < 4.78 is 12.4. The summed E-state index contributed by atoms with van der Waals surface area (Å²) in [4.78, 5) is 49.7. The highest BCUT2D eigenvalue weighted by Gasteiger charge is 2.75. The van der Waals surface area contributed by atoms with Gasteiger partial charge in [0.1, 0.15) is 17.4 Å². The molecule has 1 spiro atoms. The first-order chi connectivity index (χ1) is 23.4. The normalized spacial score (nSPS) is 27.0. The molecule has 6 rings (SSSR count). The van der Waals surface area contributed by atoms with E-state index in [0.717, 1.165) is 37.7 Å². The minimum atomic E-state index is -1.17. The van der Waals surface area contributed by atoms with Crippen LogP contribution in [0.5, 0.6) is 5.75 Å². The van der Waals surface area contributed by atoms with E-state index in [-0.39, 0.29) is 36.9 Å². The quantitative estimate of drug-likeness (QED) is 0.290. The number of carbonyl (C=O) groups excluding carboxylic acids is 3. The highest BCUT2D eigenvalue weighted by Crippen LogP contribution is 2.59. The number of hydrogen-bond donors (Lipinski definition) is 1. The molecule has 0 aromatic heterocycles. The van der Waals surface area contributed by atoms with Crippen molar-refractivity contribution in [2.45, 2.75) is 88.1 Å². The number of aliphatic hydroxyl groups is 1. The molecule has 0 radical (unpaired) electrons. The van der Waals surface area contributed by atoms with Crippen LogP contribution in [0.2, 0.25) is 0 Å². The van der Waals surface area contributed by atoms with Gasteiger partial charge in [-0.15, -0.1) is 13.2 Å². The Bertz CT molecular complexity index is 1470. The summed E-state index contributed by atoms with van der Waals surface area (Å²) in [6.45, 7) is 10.6. The number of amides is 3. The smallest absolute Gasteiger partial charge is 0.248 e. The second kappa shape index (κ2) is 14.7. The van der Waals surface area contributed by atoms with Gasteiger partial charge >= 0.3 is 0 Å². The summed E-state index contributed by atoms with van der Waals surface area (Å²) in [5.74, 6) is -1.63. The third-order valence-corrected chi connectivity index (χ3v) is 10.8. The van der Waals surface area contributed by atoms with Crippen molar-refractivity contribution in [2.24, 2.45) is 11.8 Å². The first-order valence-corrected chi connectivity index (χ1v) is 17.6. The van der Waals surface area contributed by atoms with Crippen LogP contribution in [0.4, 0.5) is 5.69 Å². The number of nitrogens with zero attached hydrogens (tertiary/aromatic N) is 3. The molecule has 9 heteroatoms. The number of benzene rings is 2. The van der Waals surface area contributed by atoms with E-state index in [0.29, 0.717) is 43.9 Å². The van der Waals surface area contributed by atoms with Gasteiger partial charge in [-0.05, 0) is 68.9 Å². The van der Waals surface area contributed by atoms with Crippen molar-refractivity contribution in [1.29, 1.82) is 0 Å². The SMILES string of the molecule is C=CCN(C(=O)[C@@H]1[C@H]2C(=O)N([C@@H](CO)Cc3ccccc3)C(C(=O)N(CC=C)C3CCCCC3)C23CC[C@H]1O3)c1ccc(OCC)cc1. The standard InChI is InChI=1S/C39H49N3O6/c1-4-23-40(29-17-19-31(20-18-29)47-6-3)36(44)33-32-21-22-39(48-32)34(33)37(45)42(30(26-43)25-27-13-9-7-10-14-27)35(39)38(46)41(24-5-2)28-15-11-8-12-16-28/h4-5,7,9-10,13-14,17-20,28,30,32-35,43H,1-2,6,8,11-12,15-16,21-26H2,3H3/t30-,32-,33+,34+,35?,39?/m1/s1. The van der Waals surface area contributed by atoms with Gasteiger partial charge in [0.25, 0.3) is 0 Å². The molecule has 48 heavy (non-hydrogen) atoms. The minimum Gasteiger partial charge on any atom is -0.494 e. The van der Waals surface area contributed by atoms with Gasteiger partial charge in [-0.2, -0.15) is 0 Å². The predicted molar refractivity (Wildman–Crippen MR) is 184 cm³/mol. The summed E-state index contributed by atoms with van der Waals surface area (Å²) >= 11 is 0. The van der Waals surface area contributed by atoms with Crippen LogP contribution in [-0.2, 0) is 25.5 Å². The highest BCUT2D eigenvalue weighted by molar-refractivity contribution is 6.03. The minimum absolute atomic E-state index is 0.0390. The number of fused-ring (bicyclic) bond motifs is 1. The molecular weight excluding hydrogens is 606 g/mol. The van der Waals surface area contributed by atoms with Crippen LogP contribution >= 0.6 is 0 Å². The molecule has 2 unspecified atom stereocenters. The molecule has 256 valence electrons. The van der Waals surface area contributed by atoms with Gasteiger partial charge in [0.15, 0.2) is 0 Å². The van der Waals surface area contributed by atoms with E-state index in [9.17, 15) is 14.7 Å². The number of likely N-dealkylation sites (tertiary alicyclic amines) is 1. The zero-order valence-electron chi connectivity index (χ0n) is 28.0. The van der Waals surface area contributed by atoms with Gasteiger partial charge in [-0.25, -0.2) is 0 Å². The molecular formula is C39H49N3O6. The number of carbonyl (C=O) groups is 3. The average molecular weight is 656 g/mol. The lowest BCUT2D eigenvalue weighted by molar-refractivity contribution is -0.153. The molecule has 1 aliphatic carbocycles. The van der Waals surface area contributed by atoms with Gasteiger partial charge in [0, 0.05) is 24.8 Å². The zero-order valence-corrected chi connectivity index (χ0v) is 28.0. The number of rotatable bonds is 14. The molecule has 3 amide bonds. The molecule has 3 heterocycles. The maximum absolute atomic E-state index is 15.0. The number of ether oxygens (including phenoxy) is 2. The Morgan fingerprint density at radius 3 is 2.38 bits per heavy atom. The molecule has 6 atom stereocenters. The van der Waals surface area contributed by atoms with Crippen LogP contribution in [0.15, 0.2) is 79.9 Å². The summed E-state index contributed by atoms with van der Waals surface area (Å²) in [5, 5.41) is 10.9. The third kappa shape index (κ3) is 6.07. The van der Waals surface area contributed by atoms with E-state index in [2.05, 4.69) is 13.2 Å². The van der Waals surface area contributed by atoms with Crippen molar-refractivity contribution in [1.82, 2.24) is 9.80 Å². The molecule has 9 nitrogen and oxygen atoms in total. The highest BCUT2D eigenvalue weighted by atomic mass is 16.5. The van der Waals surface area contributed by atoms with Crippen LogP contribution < -0.4 is 9.64 Å². The second-order valence-corrected chi connectivity index (χ2v) is 13.6. The Hall–Kier alpha value is -3.95. The van der Waals surface area contributed by atoms with E-state index >= 15 is 4.79 Å². The van der Waals surface area contributed by atoms with E-state index in [1.165, 1.54) is 0 Å². The van der Waals surface area contributed by atoms with Crippen LogP contribution in [0.3, 0.4) is 0 Å². The Kier molecular flexibility index (Phi) is 10.4. The lowest BCUT2D eigenvalue weighted by Gasteiger charge is -2.42. The monoisotopic (exact) mass is 655 g/mol. The van der Waals surface area contributed by atoms with E-state index in [1.54, 1.807) is 22.0 Å². The fraction of sp³-hybridized carbons (Fsp3) is 0.513. The van der Waals surface area contributed by atoms with Crippen molar-refractivity contribution >= 4 is 23.4 Å². The first-order valence-electron chi connectivity index (χ1n) is 17.6. The number of hydrogen-bond acceptors (Lipinski definition) is 6. The van der Waals surface area contributed by atoms with Crippen LogP contribution in [0.1, 0.15) is 57.4 Å². The zero-order chi connectivity index (χ0) is 33.8. The van der Waals surface area contributed by atoms with Crippen molar-refractivity contribution in [3.8, 4) is 5.75 Å². The maximum atomic E-state index is 15.0. The third-order valence-electron chi connectivity index (χ3n) is 10.8. The molecule has 4 fully saturated rings. The predicted octanol–water partition coefficient (Wildman–Crippen LogP) is 4.93. The van der Waals surface area contributed by atoms with E-state index in [1.807, 2.05) is 66.4 Å². The van der Waals surface area contributed by atoms with Crippen molar-refractivity contribution in [3.05, 3.63) is 85.5 Å². The molecule has 2 bridgehead atoms. The van der Waals surface area contributed by atoms with Gasteiger partial charge in [0.05, 0.1) is 37.2 Å². The Morgan fingerprint density at radius 2 is 1.73 bits per heavy atom. The Balaban J connectivity index is 1.40. The molecule has 2 aromatic carbocycles. The van der Waals surface area contributed by atoms with Gasteiger partial charge < -0.3 is 29.3 Å². The first kappa shape index (κ1) is 33.9. The summed E-state index contributed by atoms with van der Waals surface area (Å²) in [6.07, 6.45) is 9.37. The Morgan fingerprint density at radius 1 is 1.02 bits per heavy atom. The van der Waals surface area contributed by atoms with Gasteiger partial charge in [-0.1, -0.05) is 61.7 Å². The van der Waals surface area contributed by atoms with Crippen LogP contribution in [0, 0.1) is 11.8 Å². The molecule has 1 saturated carbocycles. The second-order valence-electron chi connectivity index (χ2n) is 13.6. The van der Waals surface area contributed by atoms with Crippen LogP contribution in [0.25, 0.3) is 0 Å². The van der Waals surface area contributed by atoms with Crippen LogP contribution in [-0.4, -0.2) is 88.8 Å². The molecule has 4 aliphatic rings.